The second-order valence-corrected chi connectivity index (χ2v) is 10.7. The zero-order valence-corrected chi connectivity index (χ0v) is 18.7. The predicted molar refractivity (Wildman–Crippen MR) is 119 cm³/mol. The van der Waals surface area contributed by atoms with Gasteiger partial charge in [-0.05, 0) is 13.8 Å². The predicted octanol–water partition coefficient (Wildman–Crippen LogP) is 3.06. The summed E-state index contributed by atoms with van der Waals surface area (Å²) in [5.74, 6) is -3.30. The Labute approximate surface area is 187 Å². The fourth-order valence-corrected chi connectivity index (χ4v) is 7.10. The highest BCUT2D eigenvalue weighted by atomic mass is 32.2. The van der Waals surface area contributed by atoms with Crippen LogP contribution in [0.15, 0.2) is 48.4 Å². The molecule has 2 N–H and O–H groups in total. The minimum absolute atomic E-state index is 0.0772. The molecule has 0 aliphatic carbocycles. The van der Waals surface area contributed by atoms with E-state index in [1.165, 1.54) is 34.1 Å². The van der Waals surface area contributed by atoms with E-state index in [0.29, 0.717) is 5.01 Å². The fourth-order valence-electron chi connectivity index (χ4n) is 4.41. The first kappa shape index (κ1) is 21.7. The van der Waals surface area contributed by atoms with Crippen molar-refractivity contribution in [2.75, 3.05) is 0 Å². The van der Waals surface area contributed by atoms with Crippen LogP contribution in [-0.4, -0.2) is 59.5 Å². The van der Waals surface area contributed by atoms with Gasteiger partial charge >= 0.3 is 5.97 Å². The fraction of sp³-hybridized carbons (Fsp3) is 0.364. The van der Waals surface area contributed by atoms with Crippen molar-refractivity contribution in [1.82, 2.24) is 9.88 Å². The molecule has 2 saturated heterocycles. The molecule has 0 spiro atoms. The van der Waals surface area contributed by atoms with E-state index in [1.807, 2.05) is 30.3 Å². The minimum atomic E-state index is -1.59. The third-order valence-electron chi connectivity index (χ3n) is 6.09. The Balaban J connectivity index is 1.59. The topological polar surface area (TPSA) is 108 Å². The number of β-lactam (4-membered cyclic amide) rings is 1. The van der Waals surface area contributed by atoms with Crippen LogP contribution < -0.4 is 0 Å². The summed E-state index contributed by atoms with van der Waals surface area (Å²) < 4.78 is -0.827. The molecule has 7 nitrogen and oxygen atoms in total. The van der Waals surface area contributed by atoms with Gasteiger partial charge in [-0.15, -0.1) is 29.7 Å². The molecule has 1 amide bonds. The molecule has 0 radical (unpaired) electrons. The maximum Gasteiger partial charge on any atom is 0.331 e. The van der Waals surface area contributed by atoms with E-state index < -0.39 is 45.3 Å². The summed E-state index contributed by atoms with van der Waals surface area (Å²) in [6.45, 7) is 7.18. The standard InChI is InChI=1S/C22H22N2O5S2/c1-4-10-22(20(28)29)21(2,3)31-19-14(18(27)24(19)22)16(26)15(25)13-11-30-17(23-13)12-8-6-5-7-9-12/h4-9,11,14,16,19,26H,1,10H2,2-3H3,(H,28,29)/t14-,16+,19-,22+/m1/s1. The first-order valence-electron chi connectivity index (χ1n) is 9.74. The van der Waals surface area contributed by atoms with Crippen molar-refractivity contribution in [3.63, 3.8) is 0 Å². The minimum Gasteiger partial charge on any atom is -0.479 e. The number of thioether (sulfide) groups is 1. The Morgan fingerprint density at radius 3 is 2.61 bits per heavy atom. The number of aromatic nitrogens is 1. The number of fused-ring (bicyclic) bond motifs is 1. The van der Waals surface area contributed by atoms with E-state index in [2.05, 4.69) is 11.6 Å². The SMILES string of the molecule is C=CC[C@@]1(C(=O)O)N2C(=O)[C@@H]([C@H](O)C(=O)c3csc(-c4ccccc4)n3)[C@H]2SC1(C)C. The van der Waals surface area contributed by atoms with Gasteiger partial charge in [0.05, 0.1) is 5.37 Å². The molecule has 0 saturated carbocycles. The number of amides is 1. The normalized spacial score (nSPS) is 27.3. The summed E-state index contributed by atoms with van der Waals surface area (Å²) in [4.78, 5) is 43.8. The van der Waals surface area contributed by atoms with Crippen LogP contribution in [0.25, 0.3) is 10.6 Å². The molecule has 0 unspecified atom stereocenters. The monoisotopic (exact) mass is 458 g/mol. The first-order chi connectivity index (χ1) is 14.7. The number of ketones is 1. The number of aliphatic hydroxyl groups is 1. The summed E-state index contributed by atoms with van der Waals surface area (Å²) in [6.07, 6.45) is -0.0222. The van der Waals surface area contributed by atoms with Crippen molar-refractivity contribution in [2.45, 2.75) is 42.0 Å². The van der Waals surface area contributed by atoms with Crippen molar-refractivity contribution in [3.05, 3.63) is 54.1 Å². The summed E-state index contributed by atoms with van der Waals surface area (Å²) in [5, 5.41) is 22.4. The zero-order valence-electron chi connectivity index (χ0n) is 17.0. The highest BCUT2D eigenvalue weighted by Crippen LogP contribution is 2.60. The van der Waals surface area contributed by atoms with Crippen molar-refractivity contribution < 1.29 is 24.6 Å². The maximum absolute atomic E-state index is 13.0. The number of carbonyl (C=O) groups is 3. The van der Waals surface area contributed by atoms with Gasteiger partial charge in [-0.2, -0.15) is 0 Å². The molecule has 31 heavy (non-hydrogen) atoms. The molecule has 2 aromatic rings. The lowest BCUT2D eigenvalue weighted by Gasteiger charge is -2.50. The average molecular weight is 459 g/mol. The van der Waals surface area contributed by atoms with E-state index >= 15 is 0 Å². The molecule has 162 valence electrons. The van der Waals surface area contributed by atoms with E-state index in [4.69, 9.17) is 0 Å². The van der Waals surface area contributed by atoms with Gasteiger partial charge in [-0.1, -0.05) is 36.4 Å². The third-order valence-corrected chi connectivity index (χ3v) is 8.65. The molecule has 1 aromatic carbocycles. The van der Waals surface area contributed by atoms with Crippen LogP contribution in [0.2, 0.25) is 0 Å². The van der Waals surface area contributed by atoms with Crippen LogP contribution in [0.4, 0.5) is 0 Å². The molecule has 2 aliphatic heterocycles. The Bertz CT molecular complexity index is 1070. The van der Waals surface area contributed by atoms with Gasteiger partial charge in [0.2, 0.25) is 11.7 Å². The third kappa shape index (κ3) is 3.06. The zero-order chi connectivity index (χ0) is 22.6. The number of carboxylic acid groups (broad SMARTS) is 1. The number of aliphatic hydroxyl groups excluding tert-OH is 1. The van der Waals surface area contributed by atoms with Crippen molar-refractivity contribution in [2.24, 2.45) is 5.92 Å². The van der Waals surface area contributed by atoms with Crippen LogP contribution in [0.1, 0.15) is 30.8 Å². The molecule has 1 aromatic heterocycles. The molecule has 9 heteroatoms. The molecule has 4 atom stereocenters. The number of hydrogen-bond acceptors (Lipinski definition) is 7. The van der Waals surface area contributed by atoms with Crippen LogP contribution in [-0.2, 0) is 9.59 Å². The number of rotatable bonds is 7. The van der Waals surface area contributed by atoms with Gasteiger partial charge in [0.1, 0.15) is 22.7 Å². The maximum atomic E-state index is 13.0. The van der Waals surface area contributed by atoms with Gasteiger partial charge in [0, 0.05) is 22.1 Å². The lowest BCUT2D eigenvalue weighted by molar-refractivity contribution is -0.178. The van der Waals surface area contributed by atoms with Crippen LogP contribution in [0, 0.1) is 5.92 Å². The molecular formula is C22H22N2O5S2. The van der Waals surface area contributed by atoms with E-state index in [-0.39, 0.29) is 12.1 Å². The summed E-state index contributed by atoms with van der Waals surface area (Å²) in [5.41, 5.74) is -0.516. The number of aliphatic carboxylic acids is 1. The Kier molecular flexibility index (Phi) is 5.31. The van der Waals surface area contributed by atoms with Gasteiger partial charge < -0.3 is 15.1 Å². The van der Waals surface area contributed by atoms with E-state index in [9.17, 15) is 24.6 Å². The van der Waals surface area contributed by atoms with Crippen LogP contribution >= 0.6 is 23.1 Å². The molecule has 2 fully saturated rings. The highest BCUT2D eigenvalue weighted by molar-refractivity contribution is 8.01. The Morgan fingerprint density at radius 2 is 2.00 bits per heavy atom. The smallest absolute Gasteiger partial charge is 0.331 e. The second kappa shape index (κ2) is 7.58. The number of hydrogen-bond donors (Lipinski definition) is 2. The van der Waals surface area contributed by atoms with Gasteiger partial charge in [0.25, 0.3) is 0 Å². The Hall–Kier alpha value is -2.49. The number of Topliss-reactive ketones (excluding diaryl/α,β-unsaturated/α-hetero) is 1. The van der Waals surface area contributed by atoms with Gasteiger partial charge in [0.15, 0.2) is 5.54 Å². The molecule has 4 rings (SSSR count). The number of benzene rings is 1. The number of carboxylic acids is 1. The van der Waals surface area contributed by atoms with E-state index in [1.54, 1.807) is 19.2 Å². The summed E-state index contributed by atoms with van der Waals surface area (Å²) in [7, 11) is 0. The second-order valence-electron chi connectivity index (χ2n) is 8.12. The van der Waals surface area contributed by atoms with Crippen LogP contribution in [0.3, 0.4) is 0 Å². The first-order valence-corrected chi connectivity index (χ1v) is 11.5. The number of nitrogens with zero attached hydrogens (tertiary/aromatic N) is 2. The largest absolute Gasteiger partial charge is 0.479 e. The van der Waals surface area contributed by atoms with Crippen molar-refractivity contribution >= 4 is 40.8 Å². The molecule has 0 bridgehead atoms. The van der Waals surface area contributed by atoms with Crippen molar-refractivity contribution in [3.8, 4) is 10.6 Å². The van der Waals surface area contributed by atoms with E-state index in [0.717, 1.165) is 5.56 Å². The summed E-state index contributed by atoms with van der Waals surface area (Å²) >= 11 is 2.58. The molecular weight excluding hydrogens is 436 g/mol. The molecule has 2 aliphatic rings. The van der Waals surface area contributed by atoms with Gasteiger partial charge in [-0.25, -0.2) is 9.78 Å². The number of carbonyl (C=O) groups excluding carboxylic acids is 2. The number of thiazole rings is 1. The van der Waals surface area contributed by atoms with Gasteiger partial charge in [-0.3, -0.25) is 9.59 Å². The Morgan fingerprint density at radius 1 is 1.32 bits per heavy atom. The lowest BCUT2D eigenvalue weighted by Crippen LogP contribution is -2.72. The average Bonchev–Trinajstić information content (AvgIpc) is 3.29. The van der Waals surface area contributed by atoms with Crippen LogP contribution in [0.5, 0.6) is 0 Å². The lowest BCUT2D eigenvalue weighted by atomic mass is 9.75. The quantitative estimate of drug-likeness (QED) is 0.373. The highest BCUT2D eigenvalue weighted by Gasteiger charge is 2.73. The summed E-state index contributed by atoms with van der Waals surface area (Å²) in [6, 6.07) is 9.36. The molecule has 3 heterocycles. The van der Waals surface area contributed by atoms with Crippen molar-refractivity contribution in [1.29, 1.82) is 0 Å².